The molecule has 0 aromatic rings. The van der Waals surface area contributed by atoms with E-state index in [1.165, 1.54) is 25.7 Å². The molecule has 0 bridgehead atoms. The molecular weight excluding hydrogens is 250 g/mol. The van der Waals surface area contributed by atoms with Crippen molar-refractivity contribution in [2.45, 2.75) is 31.7 Å². The van der Waals surface area contributed by atoms with Gasteiger partial charge in [-0.1, -0.05) is 0 Å². The summed E-state index contributed by atoms with van der Waals surface area (Å²) in [7, 11) is 0. The van der Waals surface area contributed by atoms with Crippen molar-refractivity contribution in [2.75, 3.05) is 39.3 Å². The van der Waals surface area contributed by atoms with Crippen molar-refractivity contribution in [3.05, 3.63) is 0 Å². The van der Waals surface area contributed by atoms with Crippen LogP contribution < -0.4 is 5.32 Å². The average molecular weight is 274 g/mol. The summed E-state index contributed by atoms with van der Waals surface area (Å²) in [5, 5.41) is 3.40. The number of carbonyl (C=O) groups is 1. The highest BCUT2D eigenvalue weighted by Crippen LogP contribution is 2.28. The number of amides is 1. The first-order valence-electron chi connectivity index (χ1n) is 7.05. The monoisotopic (exact) mass is 273 g/mol. The van der Waals surface area contributed by atoms with E-state index >= 15 is 0 Å². The third kappa shape index (κ3) is 3.37. The number of hydrogen-bond acceptors (Lipinski definition) is 3. The van der Waals surface area contributed by atoms with Crippen molar-refractivity contribution in [3.8, 4) is 0 Å². The van der Waals surface area contributed by atoms with E-state index in [2.05, 4.69) is 15.1 Å². The molecule has 3 aliphatic rings. The average Bonchev–Trinajstić information content (AvgIpc) is 3.15. The lowest BCUT2D eigenvalue weighted by molar-refractivity contribution is -0.136. The minimum Gasteiger partial charge on any atom is -0.337 e. The highest BCUT2D eigenvalue weighted by molar-refractivity contribution is 5.85. The lowest BCUT2D eigenvalue weighted by Gasteiger charge is -2.37. The van der Waals surface area contributed by atoms with Gasteiger partial charge in [-0.25, -0.2) is 0 Å². The van der Waals surface area contributed by atoms with Crippen molar-refractivity contribution in [2.24, 2.45) is 5.92 Å². The van der Waals surface area contributed by atoms with Gasteiger partial charge in [0.2, 0.25) is 5.91 Å². The number of rotatable bonds is 3. The van der Waals surface area contributed by atoms with Crippen LogP contribution in [0.5, 0.6) is 0 Å². The predicted molar refractivity (Wildman–Crippen MR) is 74.0 cm³/mol. The van der Waals surface area contributed by atoms with E-state index in [1.807, 2.05) is 0 Å². The summed E-state index contributed by atoms with van der Waals surface area (Å²) in [6, 6.07) is 0.600. The molecule has 0 aromatic carbocycles. The number of halogens is 1. The van der Waals surface area contributed by atoms with Crippen molar-refractivity contribution in [1.29, 1.82) is 0 Å². The van der Waals surface area contributed by atoms with E-state index in [0.717, 1.165) is 38.6 Å². The molecule has 2 heterocycles. The molecule has 104 valence electrons. The van der Waals surface area contributed by atoms with Crippen LogP contribution in [-0.4, -0.2) is 61.0 Å². The zero-order valence-corrected chi connectivity index (χ0v) is 11.8. The van der Waals surface area contributed by atoms with Crippen LogP contribution in [0.4, 0.5) is 0 Å². The summed E-state index contributed by atoms with van der Waals surface area (Å²) < 4.78 is 0. The van der Waals surface area contributed by atoms with Crippen LogP contribution in [0.2, 0.25) is 0 Å². The fourth-order valence-electron chi connectivity index (χ4n) is 3.09. The molecule has 2 aliphatic heterocycles. The molecule has 3 rings (SSSR count). The van der Waals surface area contributed by atoms with Crippen molar-refractivity contribution in [1.82, 2.24) is 15.1 Å². The summed E-state index contributed by atoms with van der Waals surface area (Å²) in [5.74, 6) is 1.17. The van der Waals surface area contributed by atoms with Crippen LogP contribution in [0.25, 0.3) is 0 Å². The summed E-state index contributed by atoms with van der Waals surface area (Å²) >= 11 is 0. The lowest BCUT2D eigenvalue weighted by atomic mass is 9.97. The molecule has 1 N–H and O–H groups in total. The first-order valence-corrected chi connectivity index (χ1v) is 7.05. The van der Waals surface area contributed by atoms with Gasteiger partial charge in [-0.2, -0.15) is 0 Å². The highest BCUT2D eigenvalue weighted by atomic mass is 35.5. The standard InChI is InChI=1S/C13H23N3O.ClH/c17-13-10-15(7-8-16(13)12-1-2-12)9-11-3-5-14-6-4-11;/h11-12,14H,1-10H2;1H. The second-order valence-corrected chi connectivity index (χ2v) is 5.75. The molecule has 1 saturated carbocycles. The van der Waals surface area contributed by atoms with Gasteiger partial charge in [0.1, 0.15) is 0 Å². The third-order valence-corrected chi connectivity index (χ3v) is 4.30. The fraction of sp³-hybridized carbons (Fsp3) is 0.923. The van der Waals surface area contributed by atoms with Crippen LogP contribution in [0.1, 0.15) is 25.7 Å². The largest absolute Gasteiger partial charge is 0.337 e. The summed E-state index contributed by atoms with van der Waals surface area (Å²) in [6.07, 6.45) is 5.02. The van der Waals surface area contributed by atoms with E-state index in [-0.39, 0.29) is 12.4 Å². The van der Waals surface area contributed by atoms with E-state index < -0.39 is 0 Å². The molecule has 0 atom stereocenters. The highest BCUT2D eigenvalue weighted by Gasteiger charge is 2.35. The Hall–Kier alpha value is -0.320. The minimum absolute atomic E-state index is 0. The van der Waals surface area contributed by atoms with Gasteiger partial charge in [0, 0.05) is 25.7 Å². The van der Waals surface area contributed by atoms with Crippen molar-refractivity contribution >= 4 is 18.3 Å². The maximum Gasteiger partial charge on any atom is 0.237 e. The fourth-order valence-corrected chi connectivity index (χ4v) is 3.09. The topological polar surface area (TPSA) is 35.6 Å². The van der Waals surface area contributed by atoms with E-state index in [4.69, 9.17) is 0 Å². The zero-order chi connectivity index (χ0) is 11.7. The van der Waals surface area contributed by atoms with Gasteiger partial charge in [0.05, 0.1) is 6.54 Å². The van der Waals surface area contributed by atoms with E-state index in [1.54, 1.807) is 0 Å². The first kappa shape index (κ1) is 14.1. The van der Waals surface area contributed by atoms with Crippen LogP contribution in [0, 0.1) is 5.92 Å². The minimum atomic E-state index is 0. The Morgan fingerprint density at radius 1 is 1.11 bits per heavy atom. The first-order chi connectivity index (χ1) is 8.33. The van der Waals surface area contributed by atoms with Crippen LogP contribution in [-0.2, 0) is 4.79 Å². The van der Waals surface area contributed by atoms with Gasteiger partial charge in [0.15, 0.2) is 0 Å². The van der Waals surface area contributed by atoms with Crippen LogP contribution in [0.3, 0.4) is 0 Å². The molecule has 5 heteroatoms. The summed E-state index contributed by atoms with van der Waals surface area (Å²) in [5.41, 5.74) is 0. The molecule has 4 nitrogen and oxygen atoms in total. The molecule has 1 amide bonds. The summed E-state index contributed by atoms with van der Waals surface area (Å²) in [6.45, 7) is 6.16. The van der Waals surface area contributed by atoms with Crippen molar-refractivity contribution in [3.63, 3.8) is 0 Å². The Morgan fingerprint density at radius 3 is 2.44 bits per heavy atom. The van der Waals surface area contributed by atoms with Crippen LogP contribution in [0.15, 0.2) is 0 Å². The molecule has 3 fully saturated rings. The molecular formula is C13H24ClN3O. The molecule has 0 aromatic heterocycles. The van der Waals surface area contributed by atoms with Gasteiger partial charge in [-0.3, -0.25) is 9.69 Å². The van der Waals surface area contributed by atoms with Gasteiger partial charge in [-0.15, -0.1) is 12.4 Å². The van der Waals surface area contributed by atoms with Crippen LogP contribution >= 0.6 is 12.4 Å². The zero-order valence-electron chi connectivity index (χ0n) is 10.9. The Labute approximate surface area is 115 Å². The second kappa shape index (κ2) is 6.22. The Kier molecular flexibility index (Phi) is 4.87. The smallest absolute Gasteiger partial charge is 0.237 e. The van der Waals surface area contributed by atoms with Crippen molar-refractivity contribution < 1.29 is 4.79 Å². The van der Waals surface area contributed by atoms with E-state index in [0.29, 0.717) is 18.5 Å². The van der Waals surface area contributed by atoms with Gasteiger partial charge < -0.3 is 10.2 Å². The van der Waals surface area contributed by atoms with Gasteiger partial charge >= 0.3 is 0 Å². The quantitative estimate of drug-likeness (QED) is 0.823. The van der Waals surface area contributed by atoms with Gasteiger partial charge in [0.25, 0.3) is 0 Å². The number of piperidine rings is 1. The number of nitrogens with zero attached hydrogens (tertiary/aromatic N) is 2. The third-order valence-electron chi connectivity index (χ3n) is 4.30. The Bertz CT molecular complexity index is 290. The normalized spacial score (nSPS) is 27.1. The number of hydrogen-bond donors (Lipinski definition) is 1. The Morgan fingerprint density at radius 2 is 1.83 bits per heavy atom. The lowest BCUT2D eigenvalue weighted by Crippen LogP contribution is -2.52. The predicted octanol–water partition coefficient (Wildman–Crippen LogP) is 0.714. The molecule has 0 spiro atoms. The summed E-state index contributed by atoms with van der Waals surface area (Å²) in [4.78, 5) is 16.5. The van der Waals surface area contributed by atoms with Gasteiger partial charge in [-0.05, 0) is 44.7 Å². The molecule has 0 unspecified atom stereocenters. The molecule has 2 saturated heterocycles. The molecule has 1 aliphatic carbocycles. The Balaban J connectivity index is 0.00000120. The molecule has 18 heavy (non-hydrogen) atoms. The second-order valence-electron chi connectivity index (χ2n) is 5.75. The number of nitrogens with one attached hydrogen (secondary N) is 1. The molecule has 0 radical (unpaired) electrons. The maximum atomic E-state index is 12.0. The maximum absolute atomic E-state index is 12.0. The number of piperazine rings is 1. The SMILES string of the molecule is Cl.O=C1CN(CC2CCNCC2)CCN1C1CC1. The van der Waals surface area contributed by atoms with E-state index in [9.17, 15) is 4.79 Å². The number of carbonyl (C=O) groups excluding carboxylic acids is 1.